The van der Waals surface area contributed by atoms with Crippen LogP contribution in [0.3, 0.4) is 0 Å². The fraction of sp³-hybridized carbons (Fsp3) is 0.222. The quantitative estimate of drug-likeness (QED) is 0.458. The van der Waals surface area contributed by atoms with Crippen molar-refractivity contribution < 1.29 is 9.63 Å². The molecular formula is C18H16BrNO2. The van der Waals surface area contributed by atoms with E-state index in [4.69, 9.17) is 4.84 Å². The van der Waals surface area contributed by atoms with Gasteiger partial charge in [-0.2, -0.15) is 0 Å². The number of carbonyl (C=O) groups is 1. The molecule has 0 aliphatic heterocycles. The number of hydrogen-bond donors (Lipinski definition) is 0. The highest BCUT2D eigenvalue weighted by molar-refractivity contribution is 9.10. The molecule has 2 aromatic carbocycles. The summed E-state index contributed by atoms with van der Waals surface area (Å²) in [7, 11) is 0. The Balaban J connectivity index is 1.59. The van der Waals surface area contributed by atoms with Gasteiger partial charge in [-0.05, 0) is 42.5 Å². The van der Waals surface area contributed by atoms with Crippen LogP contribution in [0.2, 0.25) is 0 Å². The minimum atomic E-state index is -0.245. The molecule has 0 spiro atoms. The first-order valence-electron chi connectivity index (χ1n) is 7.21. The summed E-state index contributed by atoms with van der Waals surface area (Å²) >= 11 is 3.39. The minimum Gasteiger partial charge on any atom is -0.318 e. The van der Waals surface area contributed by atoms with Crippen molar-refractivity contribution in [2.24, 2.45) is 11.1 Å². The lowest BCUT2D eigenvalue weighted by atomic mass is 10.1. The molecule has 112 valence electrons. The van der Waals surface area contributed by atoms with E-state index in [1.54, 1.807) is 0 Å². The molecule has 0 saturated heterocycles. The molecule has 0 heterocycles. The van der Waals surface area contributed by atoms with E-state index in [0.717, 1.165) is 16.5 Å². The molecule has 0 N–H and O–H groups in total. The highest BCUT2D eigenvalue weighted by atomic mass is 79.9. The lowest BCUT2D eigenvalue weighted by Crippen LogP contribution is -2.06. The molecule has 2 atom stereocenters. The van der Waals surface area contributed by atoms with Gasteiger partial charge in [0.1, 0.15) is 0 Å². The predicted molar refractivity (Wildman–Crippen MR) is 89.7 cm³/mol. The summed E-state index contributed by atoms with van der Waals surface area (Å²) in [5, 5.41) is 3.97. The van der Waals surface area contributed by atoms with Crippen LogP contribution in [-0.4, -0.2) is 11.7 Å². The summed E-state index contributed by atoms with van der Waals surface area (Å²) in [6.45, 7) is 1.83. The fourth-order valence-corrected chi connectivity index (χ4v) is 2.71. The van der Waals surface area contributed by atoms with Crippen molar-refractivity contribution in [3.63, 3.8) is 0 Å². The summed E-state index contributed by atoms with van der Waals surface area (Å²) in [6, 6.07) is 17.8. The zero-order chi connectivity index (χ0) is 15.5. The summed E-state index contributed by atoms with van der Waals surface area (Å²) < 4.78 is 1.00. The number of rotatable bonds is 4. The first-order valence-corrected chi connectivity index (χ1v) is 8.01. The Hall–Kier alpha value is -1.94. The topological polar surface area (TPSA) is 38.7 Å². The van der Waals surface area contributed by atoms with Gasteiger partial charge >= 0.3 is 5.97 Å². The van der Waals surface area contributed by atoms with Crippen molar-refractivity contribution in [1.29, 1.82) is 0 Å². The van der Waals surface area contributed by atoms with Gasteiger partial charge in [-0.3, -0.25) is 0 Å². The fourth-order valence-electron chi connectivity index (χ4n) is 2.45. The first kappa shape index (κ1) is 15.0. The second kappa shape index (κ2) is 6.44. The van der Waals surface area contributed by atoms with Gasteiger partial charge in [-0.1, -0.05) is 63.6 Å². The predicted octanol–water partition coefficient (Wildman–Crippen LogP) is 4.52. The van der Waals surface area contributed by atoms with Crippen LogP contribution in [0.25, 0.3) is 0 Å². The van der Waals surface area contributed by atoms with E-state index < -0.39 is 0 Å². The minimum absolute atomic E-state index is 0.0659. The Morgan fingerprint density at radius 1 is 1.14 bits per heavy atom. The second-order valence-electron chi connectivity index (χ2n) is 5.45. The van der Waals surface area contributed by atoms with Crippen molar-refractivity contribution in [2.45, 2.75) is 19.3 Å². The molecule has 22 heavy (non-hydrogen) atoms. The third kappa shape index (κ3) is 3.45. The smallest absolute Gasteiger partial charge is 0.318 e. The normalized spacial score (nSPS) is 20.5. The van der Waals surface area contributed by atoms with Gasteiger partial charge < -0.3 is 4.84 Å². The molecule has 2 aromatic rings. The molecule has 0 amide bonds. The van der Waals surface area contributed by atoms with Crippen LogP contribution in [-0.2, 0) is 9.63 Å². The SMILES string of the molecule is C/C(=N/OC(=O)[C@@H]1C[C@H]1c1ccccc1)c1ccc(Br)cc1. The molecule has 3 rings (SSSR count). The second-order valence-corrected chi connectivity index (χ2v) is 6.37. The first-order chi connectivity index (χ1) is 10.6. The number of halogens is 1. The van der Waals surface area contributed by atoms with Crippen molar-refractivity contribution >= 4 is 27.6 Å². The van der Waals surface area contributed by atoms with Crippen LogP contribution in [0.1, 0.15) is 30.4 Å². The monoisotopic (exact) mass is 357 g/mol. The van der Waals surface area contributed by atoms with Crippen molar-refractivity contribution in [2.75, 3.05) is 0 Å². The van der Waals surface area contributed by atoms with Gasteiger partial charge in [0.2, 0.25) is 0 Å². The van der Waals surface area contributed by atoms with E-state index in [9.17, 15) is 4.79 Å². The number of nitrogens with zero attached hydrogens (tertiary/aromatic N) is 1. The molecule has 4 heteroatoms. The Kier molecular flexibility index (Phi) is 4.39. The van der Waals surface area contributed by atoms with E-state index in [1.807, 2.05) is 61.5 Å². The average Bonchev–Trinajstić information content (AvgIpc) is 3.34. The Morgan fingerprint density at radius 3 is 2.50 bits per heavy atom. The number of carbonyl (C=O) groups excluding carboxylic acids is 1. The van der Waals surface area contributed by atoms with E-state index >= 15 is 0 Å². The molecule has 0 bridgehead atoms. The lowest BCUT2D eigenvalue weighted by molar-refractivity contribution is -0.145. The summed E-state index contributed by atoms with van der Waals surface area (Å²) in [5.41, 5.74) is 2.82. The van der Waals surface area contributed by atoms with Crippen LogP contribution in [0, 0.1) is 5.92 Å². The summed E-state index contributed by atoms with van der Waals surface area (Å²) in [4.78, 5) is 17.1. The van der Waals surface area contributed by atoms with Crippen LogP contribution in [0.5, 0.6) is 0 Å². The number of benzene rings is 2. The molecule has 0 aromatic heterocycles. The van der Waals surface area contributed by atoms with Gasteiger partial charge in [0.25, 0.3) is 0 Å². The Morgan fingerprint density at radius 2 is 1.82 bits per heavy atom. The third-order valence-electron chi connectivity index (χ3n) is 3.86. The highest BCUT2D eigenvalue weighted by Crippen LogP contribution is 2.48. The van der Waals surface area contributed by atoms with Crippen molar-refractivity contribution in [3.05, 3.63) is 70.2 Å². The highest BCUT2D eigenvalue weighted by Gasteiger charge is 2.45. The van der Waals surface area contributed by atoms with Crippen LogP contribution in [0.4, 0.5) is 0 Å². The van der Waals surface area contributed by atoms with E-state index in [-0.39, 0.29) is 17.8 Å². The zero-order valence-electron chi connectivity index (χ0n) is 12.2. The van der Waals surface area contributed by atoms with E-state index in [0.29, 0.717) is 5.71 Å². The van der Waals surface area contributed by atoms with Gasteiger partial charge in [-0.25, -0.2) is 4.79 Å². The maximum absolute atomic E-state index is 12.0. The number of hydrogen-bond acceptors (Lipinski definition) is 3. The molecule has 1 fully saturated rings. The molecule has 1 aliphatic rings. The molecular weight excluding hydrogens is 342 g/mol. The molecule has 1 saturated carbocycles. The van der Waals surface area contributed by atoms with Gasteiger partial charge in [-0.15, -0.1) is 0 Å². The van der Waals surface area contributed by atoms with Gasteiger partial charge in [0.05, 0.1) is 11.6 Å². The summed E-state index contributed by atoms with van der Waals surface area (Å²) in [5.74, 6) is -0.0360. The standard InChI is InChI=1S/C18H16BrNO2/c1-12(13-7-9-15(19)10-8-13)20-22-18(21)17-11-16(17)14-5-3-2-4-6-14/h2-10,16-17H,11H2,1H3/b20-12-/t16-,17+/m0/s1. The summed E-state index contributed by atoms with van der Waals surface area (Å²) in [6.07, 6.45) is 0.843. The Bertz CT molecular complexity index is 695. The maximum atomic E-state index is 12.0. The number of oxime groups is 1. The van der Waals surface area contributed by atoms with Gasteiger partial charge in [0, 0.05) is 4.47 Å². The molecule has 0 unspecified atom stereocenters. The zero-order valence-corrected chi connectivity index (χ0v) is 13.8. The van der Waals surface area contributed by atoms with Crippen LogP contribution in [0.15, 0.2) is 64.2 Å². The third-order valence-corrected chi connectivity index (χ3v) is 4.38. The van der Waals surface area contributed by atoms with E-state index in [2.05, 4.69) is 21.1 Å². The van der Waals surface area contributed by atoms with Gasteiger partial charge in [0.15, 0.2) is 0 Å². The average molecular weight is 358 g/mol. The Labute approximate surface area is 138 Å². The van der Waals surface area contributed by atoms with Crippen molar-refractivity contribution in [3.8, 4) is 0 Å². The van der Waals surface area contributed by atoms with Crippen LogP contribution < -0.4 is 0 Å². The maximum Gasteiger partial charge on any atom is 0.338 e. The van der Waals surface area contributed by atoms with Crippen LogP contribution >= 0.6 is 15.9 Å². The molecule has 1 aliphatic carbocycles. The molecule has 3 nitrogen and oxygen atoms in total. The largest absolute Gasteiger partial charge is 0.338 e. The van der Waals surface area contributed by atoms with Crippen molar-refractivity contribution in [1.82, 2.24) is 0 Å². The lowest BCUT2D eigenvalue weighted by Gasteiger charge is -2.02. The van der Waals surface area contributed by atoms with E-state index in [1.165, 1.54) is 5.56 Å². The molecule has 0 radical (unpaired) electrons.